The molecule has 4 aliphatic heterocycles. The van der Waals surface area contributed by atoms with Crippen molar-refractivity contribution in [3.8, 4) is 89.0 Å². The van der Waals surface area contributed by atoms with Crippen LogP contribution in [0.15, 0.2) is 72.8 Å². The van der Waals surface area contributed by atoms with Crippen LogP contribution in [0.1, 0.15) is 54.7 Å². The van der Waals surface area contributed by atoms with Crippen molar-refractivity contribution in [3.05, 3.63) is 89.5 Å². The number of hydrogen-bond acceptors (Lipinski definition) is 2. The molecular formula is C88H27B41N2. The van der Waals surface area contributed by atoms with Gasteiger partial charge in [-0.1, -0.05) is 123 Å². The number of hydrogen-bond donors (Lipinski definition) is 0. The predicted octanol–water partition coefficient (Wildman–Crippen LogP) is -27.7. The Morgan fingerprint density at radius 1 is 0.214 bits per heavy atom. The van der Waals surface area contributed by atoms with Crippen molar-refractivity contribution >= 4 is 578 Å². The van der Waals surface area contributed by atoms with Crippen molar-refractivity contribution in [1.82, 2.24) is 0 Å². The molecule has 13 aromatic carbocycles. The first-order valence-electron chi connectivity index (χ1n) is 41.2. The zero-order valence-electron chi connectivity index (χ0n) is 70.9. The molecule has 1 unspecified atom stereocenters. The van der Waals surface area contributed by atoms with Gasteiger partial charge in [0.05, 0.1) is 5.69 Å². The maximum Gasteiger partial charge on any atom is 0.247 e. The van der Waals surface area contributed by atoms with Gasteiger partial charge in [0.15, 0.2) is 0 Å². The maximum atomic E-state index is 7.60. The van der Waals surface area contributed by atoms with Crippen LogP contribution in [0.25, 0.3) is 89.0 Å². The molecule has 0 aromatic heterocycles. The number of fused-ring (bicyclic) bond motifs is 4. The monoisotopic (exact) mass is 1560 g/mol. The highest BCUT2D eigenvalue weighted by molar-refractivity contribution is 6.99. The van der Waals surface area contributed by atoms with E-state index in [9.17, 15) is 0 Å². The molecule has 4 fully saturated rings. The van der Waals surface area contributed by atoms with Crippen LogP contribution in [0.4, 0.5) is 22.7 Å². The van der Waals surface area contributed by atoms with Crippen molar-refractivity contribution in [1.29, 1.82) is 0 Å². The molecule has 43 heteroatoms. The highest BCUT2D eigenvalue weighted by Crippen LogP contribution is 2.56. The molecule has 2 aliphatic carbocycles. The van der Waals surface area contributed by atoms with Crippen LogP contribution < -0.4 is 245 Å². The minimum absolute atomic E-state index is 0.0126. The number of benzene rings is 13. The van der Waals surface area contributed by atoms with E-state index in [1.54, 1.807) is 36.4 Å². The van der Waals surface area contributed by atoms with E-state index in [0.717, 1.165) is 32.1 Å². The molecule has 80 radical (unpaired) electrons. The van der Waals surface area contributed by atoms with E-state index in [1.165, 1.54) is 0 Å². The normalized spacial score (nSPS) is 16.3. The van der Waals surface area contributed by atoms with E-state index >= 15 is 0 Å². The summed E-state index contributed by atoms with van der Waals surface area (Å²) in [5, 5.41) is 0. The molecule has 131 heavy (non-hydrogen) atoms. The van der Waals surface area contributed by atoms with E-state index < -0.39 is 12.6 Å². The van der Waals surface area contributed by atoms with Crippen molar-refractivity contribution in [3.63, 3.8) is 0 Å². The third-order valence-corrected chi connectivity index (χ3v) is 28.1. The lowest BCUT2D eigenvalue weighted by Crippen LogP contribution is -2.63. The van der Waals surface area contributed by atoms with Gasteiger partial charge in [-0.2, -0.15) is 0 Å². The molecule has 6 aliphatic rings. The molecule has 0 N–H and O–H groups in total. The van der Waals surface area contributed by atoms with Crippen molar-refractivity contribution in [2.75, 3.05) is 9.80 Å². The highest BCUT2D eigenvalue weighted by Gasteiger charge is 2.51. The number of nitrogens with zero attached hydrogens (tertiary/aromatic N) is 2. The lowest BCUT2D eigenvalue weighted by molar-refractivity contribution is 0.0900. The number of rotatable bonds is 11. The molecule has 2 saturated heterocycles. The van der Waals surface area contributed by atoms with E-state index in [2.05, 4.69) is 17.0 Å². The maximum absolute atomic E-state index is 7.60. The van der Waals surface area contributed by atoms with Gasteiger partial charge in [0.1, 0.15) is 314 Å². The molecule has 0 amide bonds. The van der Waals surface area contributed by atoms with Crippen LogP contribution >= 0.6 is 0 Å². The third-order valence-electron chi connectivity index (χ3n) is 28.1. The van der Waals surface area contributed by atoms with Crippen LogP contribution in [0.5, 0.6) is 0 Å². The summed E-state index contributed by atoms with van der Waals surface area (Å²) in [7, 11) is 285. The summed E-state index contributed by atoms with van der Waals surface area (Å²) < 4.78 is 0. The standard InChI is InChI=1S/C88H27B41N2/c89-47-37(48(90)64(106)79(121)63(47)105)20-1-3-27-33(14-20)129-34-15-21(38-49(91)65(107)80(122)66(108)50(38)92)2-4-35(34)131(88-31(45-59(101)75(117)85(127)76(118)60(45)102)12-23(40-53(95)69(111)82(124)70(112)54(40)96)13-32(88)46-61(103)77(119)86(128)78(120)62(46)104)36-17-26(130-24-6-18-5-19(8-24)9-25(130)7-18)16-30(87(36)129)41(27)42-28(43-55(97)71(113)83(125)72(114)56(43)98)10-22(39-51(93)67(109)81(123)68(110)52(39)94)11-29(42)44-57(99)73(115)84(126)74(116)58(44)100/h1-4,10-19,24-25,41H,5-9H2. The fourth-order valence-electron chi connectivity index (χ4n) is 21.3. The molecule has 19 rings (SSSR count). The van der Waals surface area contributed by atoms with E-state index in [0.29, 0.717) is 67.5 Å². The minimum atomic E-state index is -1.35. The molecule has 1 atom stereocenters. The van der Waals surface area contributed by atoms with Crippen LogP contribution in [0, 0.1) is 11.8 Å². The second-order valence-corrected chi connectivity index (χ2v) is 34.9. The molecule has 4 heterocycles. The molecule has 2 saturated carbocycles. The zero-order valence-corrected chi connectivity index (χ0v) is 70.9. The molecule has 13 aromatic rings. The van der Waals surface area contributed by atoms with E-state index in [4.69, 9.17) is 314 Å². The van der Waals surface area contributed by atoms with Gasteiger partial charge in [0.2, 0.25) is 6.71 Å². The molecule has 512 valence electrons. The Balaban J connectivity index is 1.15. The number of anilines is 4. The third kappa shape index (κ3) is 13.7. The molecular weight excluding hydrogens is 1530 g/mol. The summed E-state index contributed by atoms with van der Waals surface area (Å²) in [6.45, 7) is -1.15. The zero-order chi connectivity index (χ0) is 94.7. The molecule has 2 nitrogen and oxygen atoms in total. The average Bonchev–Trinajstić information content (AvgIpc) is 0.534. The Morgan fingerprint density at radius 3 is 0.771 bits per heavy atom. The summed E-state index contributed by atoms with van der Waals surface area (Å²) in [5.41, 5.74) is -0.358. The van der Waals surface area contributed by atoms with Crippen LogP contribution in [-0.4, -0.2) is 333 Å². The van der Waals surface area contributed by atoms with E-state index in [1.807, 2.05) is 29.2 Å². The quantitative estimate of drug-likeness (QED) is 0.119. The highest BCUT2D eigenvalue weighted by atomic mass is 15.2. The largest absolute Gasteiger partial charge is 0.365 e. The van der Waals surface area contributed by atoms with Gasteiger partial charge in [-0.25, -0.2) is 0 Å². The number of piperidine rings is 2. The second-order valence-electron chi connectivity index (χ2n) is 34.9. The Morgan fingerprint density at radius 2 is 0.466 bits per heavy atom. The first-order chi connectivity index (χ1) is 61.7. The summed E-state index contributed by atoms with van der Waals surface area (Å²) in [6, 6.07) is 21.9. The van der Waals surface area contributed by atoms with Gasteiger partial charge in [-0.05, 0) is 192 Å². The van der Waals surface area contributed by atoms with E-state index in [-0.39, 0.29) is 320 Å². The van der Waals surface area contributed by atoms with Gasteiger partial charge in [-0.15, -0.1) is 131 Å². The summed E-state index contributed by atoms with van der Waals surface area (Å²) in [5.74, 6) is -0.597. The summed E-state index contributed by atoms with van der Waals surface area (Å²) in [6.07, 6.45) is 4.28. The fourth-order valence-corrected chi connectivity index (χ4v) is 21.3. The predicted molar refractivity (Wildman–Crippen MR) is 599 cm³/mol. The Hall–Kier alpha value is -7.88. The van der Waals surface area contributed by atoms with Gasteiger partial charge in [0, 0.05) is 46.2 Å². The average molecular weight is 1560 g/mol. The SMILES string of the molecule is [B]c1c([B])c([B])c(-c2ccc3c(c2)B2c4cc(-c5c([B])c([B])c([B])c([B])c5[B])ccc4N(c4c(-c5c([B])c([B])c([B])c([B])c5[B])cc(-c5c([B])c([B])c([B])c([B])c5[B])cc4-c4c([B])c([B])c([B])c([B])c4[B])c4cc(N5C6CC7CC(C6)CC5C7)cc(c42)C3c2c(-c3c([B])c([B])c([B])c([B])c3[B])cc(-c3c([B])c([B])c([B])c([B])c3[B])cc2-c2c([B])c([B])c([B])c([B])c2[B])c([B])c1[B]. The van der Waals surface area contributed by atoms with Gasteiger partial charge >= 0.3 is 0 Å². The Bertz CT molecular complexity index is 6560. The van der Waals surface area contributed by atoms with Crippen molar-refractivity contribution in [2.45, 2.75) is 50.1 Å². The Labute approximate surface area is 821 Å². The van der Waals surface area contributed by atoms with Gasteiger partial charge in [0.25, 0.3) is 0 Å². The van der Waals surface area contributed by atoms with Crippen LogP contribution in [0.3, 0.4) is 0 Å². The van der Waals surface area contributed by atoms with Gasteiger partial charge in [-0.3, -0.25) is 0 Å². The Kier molecular flexibility index (Phi) is 23.9. The summed E-state index contributed by atoms with van der Waals surface area (Å²) >= 11 is 0. The van der Waals surface area contributed by atoms with Crippen LogP contribution in [0.2, 0.25) is 0 Å². The van der Waals surface area contributed by atoms with Crippen molar-refractivity contribution < 1.29 is 0 Å². The second kappa shape index (κ2) is 33.5. The molecule has 0 spiro atoms. The first-order valence-corrected chi connectivity index (χ1v) is 41.2. The lowest BCUT2D eigenvalue weighted by atomic mass is 9.30. The summed E-state index contributed by atoms with van der Waals surface area (Å²) in [4.78, 5) is 4.46. The van der Waals surface area contributed by atoms with Crippen molar-refractivity contribution in [2.24, 2.45) is 11.8 Å². The lowest BCUT2D eigenvalue weighted by Gasteiger charge is -2.58. The topological polar surface area (TPSA) is 6.48 Å². The minimum Gasteiger partial charge on any atom is -0.365 e. The van der Waals surface area contributed by atoms with Crippen LogP contribution in [-0.2, 0) is 0 Å². The van der Waals surface area contributed by atoms with Gasteiger partial charge < -0.3 is 9.80 Å². The smallest absolute Gasteiger partial charge is 0.247 e. The molecule has 4 bridgehead atoms. The first kappa shape index (κ1) is 93.5. The fraction of sp³-hybridized carbons (Fsp3) is 0.114.